The number of anilines is 2. The van der Waals surface area contributed by atoms with Crippen molar-refractivity contribution >= 4 is 48.3 Å². The fraction of sp³-hybridized carbons (Fsp3) is 0.610. The monoisotopic (exact) mass is 747 g/mol. The third kappa shape index (κ3) is 7.38. The number of esters is 1. The van der Waals surface area contributed by atoms with Gasteiger partial charge in [0.15, 0.2) is 5.60 Å². The summed E-state index contributed by atoms with van der Waals surface area (Å²) in [7, 11) is 0.512. The first kappa shape index (κ1) is 39.0. The highest BCUT2D eigenvalue weighted by Crippen LogP contribution is 2.60. The number of carbonyl (C=O) groups is 4. The van der Waals surface area contributed by atoms with Crippen molar-refractivity contribution in [2.24, 2.45) is 5.92 Å². The van der Waals surface area contributed by atoms with E-state index in [2.05, 4.69) is 32.2 Å². The smallest absolute Gasteiger partial charge is 0.305 e. The molecule has 6 rings (SSSR count). The maximum atomic E-state index is 15.2. The van der Waals surface area contributed by atoms with E-state index in [1.807, 2.05) is 35.2 Å². The number of rotatable bonds is 12. The first-order valence-corrected chi connectivity index (χ1v) is 22.6. The van der Waals surface area contributed by atoms with Gasteiger partial charge in [0.2, 0.25) is 11.8 Å². The number of hydrogen-bond acceptors (Lipinski definition) is 8. The zero-order chi connectivity index (χ0) is 37.9. The molecule has 4 aliphatic rings. The van der Waals surface area contributed by atoms with Crippen LogP contribution in [-0.2, 0) is 34.3 Å². The van der Waals surface area contributed by atoms with Crippen molar-refractivity contribution < 1.29 is 38.5 Å². The van der Waals surface area contributed by atoms with Crippen molar-refractivity contribution in [3.8, 4) is 5.75 Å². The second-order valence-electron chi connectivity index (χ2n) is 15.8. The minimum absolute atomic E-state index is 0.0642. The largest absolute Gasteiger partial charge is 0.497 e. The number of nitrogens with zero attached hydrogens (tertiary/aromatic N) is 3. The number of unbranched alkanes of at least 4 members (excludes halogenated alkanes) is 1. The van der Waals surface area contributed by atoms with E-state index in [1.54, 1.807) is 16.9 Å². The SMILES string of the molecule is COC(=O)CCCCN1C(=O)[C@@]2(O[C@@H](CC(=O)N3CCC[C@H]3CO)[C@H]([Si](C)(C)c3ccc(OC)cc3)[C@H]2C)c2cc(N3CCCCCCC3=O)ccc21. The molecule has 2 aromatic rings. The molecule has 3 saturated heterocycles. The molecule has 0 radical (unpaired) electrons. The molecule has 53 heavy (non-hydrogen) atoms. The van der Waals surface area contributed by atoms with Gasteiger partial charge >= 0.3 is 5.97 Å². The van der Waals surface area contributed by atoms with Gasteiger partial charge in [0.05, 0.1) is 53.2 Å². The Balaban J connectivity index is 1.44. The lowest BCUT2D eigenvalue weighted by Gasteiger charge is -2.37. The second-order valence-corrected chi connectivity index (χ2v) is 20.5. The van der Waals surface area contributed by atoms with E-state index >= 15 is 4.79 Å². The van der Waals surface area contributed by atoms with Crippen LogP contribution in [0.4, 0.5) is 11.4 Å². The van der Waals surface area contributed by atoms with Gasteiger partial charge in [0.1, 0.15) is 5.75 Å². The minimum Gasteiger partial charge on any atom is -0.497 e. The number of carbonyl (C=O) groups excluding carboxylic acids is 4. The quantitative estimate of drug-likeness (QED) is 0.177. The van der Waals surface area contributed by atoms with Gasteiger partial charge in [-0.05, 0) is 74.4 Å². The summed E-state index contributed by atoms with van der Waals surface area (Å²) >= 11 is 0. The Kier molecular flexibility index (Phi) is 12.0. The lowest BCUT2D eigenvalue weighted by atomic mass is 9.82. The molecule has 0 aromatic heterocycles. The number of hydrogen-bond donors (Lipinski definition) is 1. The van der Waals surface area contributed by atoms with Crippen LogP contribution in [0.25, 0.3) is 0 Å². The highest BCUT2D eigenvalue weighted by atomic mass is 28.3. The van der Waals surface area contributed by atoms with Crippen molar-refractivity contribution in [3.63, 3.8) is 0 Å². The summed E-state index contributed by atoms with van der Waals surface area (Å²) in [6.45, 7) is 8.21. The van der Waals surface area contributed by atoms with Crippen molar-refractivity contribution in [1.29, 1.82) is 0 Å². The summed E-state index contributed by atoms with van der Waals surface area (Å²) in [4.78, 5) is 60.2. The fourth-order valence-corrected chi connectivity index (χ4v) is 13.6. The summed E-state index contributed by atoms with van der Waals surface area (Å²) in [6, 6.07) is 13.8. The normalized spacial score (nSPS) is 26.2. The number of benzene rings is 2. The number of aliphatic hydroxyl groups is 1. The van der Waals surface area contributed by atoms with Gasteiger partial charge in [0.25, 0.3) is 5.91 Å². The topological polar surface area (TPSA) is 126 Å². The lowest BCUT2D eigenvalue weighted by Crippen LogP contribution is -2.52. The van der Waals surface area contributed by atoms with Gasteiger partial charge in [0, 0.05) is 49.6 Å². The maximum Gasteiger partial charge on any atom is 0.305 e. The first-order chi connectivity index (χ1) is 25.5. The Labute approximate surface area is 314 Å². The zero-order valence-electron chi connectivity index (χ0n) is 32.1. The zero-order valence-corrected chi connectivity index (χ0v) is 33.1. The average Bonchev–Trinajstić information content (AvgIpc) is 3.81. The number of aliphatic hydroxyl groups excluding tert-OH is 1. The predicted molar refractivity (Wildman–Crippen MR) is 206 cm³/mol. The minimum atomic E-state index is -2.51. The van der Waals surface area contributed by atoms with Gasteiger partial charge in [-0.2, -0.15) is 0 Å². The summed E-state index contributed by atoms with van der Waals surface area (Å²) in [6.07, 6.45) is 6.92. The molecule has 4 heterocycles. The molecule has 11 nitrogen and oxygen atoms in total. The standard InChI is InChI=1S/C41H57N3O8Si/c1-28-39(53(4,5)32-19-17-31(50-2)18-20-32)35(26-37(47)43-24-12-13-30(43)27-45)52-41(28)33-25-29(42-22-10-7-6-8-14-36(42)46)16-21-34(33)44(40(41)49)23-11-9-15-38(48)51-3/h16-21,25,28,30,35,39,45H,6-15,22-24,26-27H2,1-5H3/t28-,30+,35+,39-,41+/m1/s1. The number of methoxy groups -OCH3 is 2. The van der Waals surface area contributed by atoms with Gasteiger partial charge in [-0.25, -0.2) is 0 Å². The molecule has 0 saturated carbocycles. The third-order valence-electron chi connectivity index (χ3n) is 12.5. The van der Waals surface area contributed by atoms with E-state index in [-0.39, 0.29) is 60.6 Å². The van der Waals surface area contributed by atoms with E-state index in [4.69, 9.17) is 14.2 Å². The van der Waals surface area contributed by atoms with Crippen LogP contribution in [0.3, 0.4) is 0 Å². The van der Waals surface area contributed by atoms with E-state index in [1.165, 1.54) is 12.3 Å². The molecule has 12 heteroatoms. The molecular formula is C41H57N3O8Si. The molecular weight excluding hydrogens is 691 g/mol. The van der Waals surface area contributed by atoms with Gasteiger partial charge in [-0.1, -0.05) is 50.2 Å². The number of fused-ring (bicyclic) bond motifs is 2. The van der Waals surface area contributed by atoms with Crippen LogP contribution in [0.15, 0.2) is 42.5 Å². The lowest BCUT2D eigenvalue weighted by molar-refractivity contribution is -0.150. The number of ether oxygens (including phenoxy) is 3. The average molecular weight is 748 g/mol. The summed E-state index contributed by atoms with van der Waals surface area (Å²) < 4.78 is 17.6. The summed E-state index contributed by atoms with van der Waals surface area (Å²) in [5.74, 6) is 0.0131. The molecule has 5 atom stereocenters. The molecule has 3 fully saturated rings. The Hall–Kier alpha value is -3.74. The van der Waals surface area contributed by atoms with Crippen LogP contribution < -0.4 is 19.7 Å². The Morgan fingerprint density at radius 1 is 0.981 bits per heavy atom. The fourth-order valence-electron chi connectivity index (χ4n) is 9.61. The van der Waals surface area contributed by atoms with E-state index < -0.39 is 19.8 Å². The van der Waals surface area contributed by atoms with Crippen molar-refractivity contribution in [2.45, 2.75) is 114 Å². The molecule has 0 bridgehead atoms. The van der Waals surface area contributed by atoms with Crippen LogP contribution in [-0.4, -0.2) is 94.4 Å². The Morgan fingerprint density at radius 2 is 1.74 bits per heavy atom. The van der Waals surface area contributed by atoms with Crippen molar-refractivity contribution in [3.05, 3.63) is 48.0 Å². The van der Waals surface area contributed by atoms with Crippen LogP contribution >= 0.6 is 0 Å². The number of likely N-dealkylation sites (tertiary alicyclic amines) is 1. The van der Waals surface area contributed by atoms with Crippen LogP contribution in [0.2, 0.25) is 18.6 Å². The predicted octanol–water partition coefficient (Wildman–Crippen LogP) is 5.27. The molecule has 3 amide bonds. The molecule has 0 unspecified atom stereocenters. The van der Waals surface area contributed by atoms with Crippen LogP contribution in [0.1, 0.15) is 83.1 Å². The van der Waals surface area contributed by atoms with E-state index in [0.29, 0.717) is 38.9 Å². The molecule has 0 aliphatic carbocycles. The van der Waals surface area contributed by atoms with Crippen LogP contribution in [0.5, 0.6) is 5.75 Å². The molecule has 1 N–H and O–H groups in total. The number of amides is 3. The molecule has 2 aromatic carbocycles. The van der Waals surface area contributed by atoms with E-state index in [9.17, 15) is 19.5 Å². The van der Waals surface area contributed by atoms with Gasteiger partial charge < -0.3 is 34.0 Å². The van der Waals surface area contributed by atoms with E-state index in [0.717, 1.165) is 61.2 Å². The van der Waals surface area contributed by atoms with Gasteiger partial charge in [-0.15, -0.1) is 0 Å². The first-order valence-electron chi connectivity index (χ1n) is 19.5. The second kappa shape index (κ2) is 16.3. The van der Waals surface area contributed by atoms with Crippen molar-refractivity contribution in [1.82, 2.24) is 4.90 Å². The molecule has 1 spiro atoms. The van der Waals surface area contributed by atoms with Crippen LogP contribution in [0, 0.1) is 5.92 Å². The van der Waals surface area contributed by atoms with Crippen molar-refractivity contribution in [2.75, 3.05) is 50.3 Å². The highest BCUT2D eigenvalue weighted by molar-refractivity contribution is 6.91. The summed E-state index contributed by atoms with van der Waals surface area (Å²) in [5.41, 5.74) is 0.726. The maximum absolute atomic E-state index is 15.2. The molecule has 288 valence electrons. The highest BCUT2D eigenvalue weighted by Gasteiger charge is 2.66. The molecule has 4 aliphatic heterocycles. The van der Waals surface area contributed by atoms with Gasteiger partial charge in [-0.3, -0.25) is 19.2 Å². The Bertz CT molecular complexity index is 1670. The third-order valence-corrected chi connectivity index (χ3v) is 16.8. The summed E-state index contributed by atoms with van der Waals surface area (Å²) in [5, 5.41) is 11.3. The Morgan fingerprint density at radius 3 is 2.45 bits per heavy atom.